The van der Waals surface area contributed by atoms with Crippen molar-refractivity contribution in [3.8, 4) is 28.7 Å². The molecule has 1 heterocycles. The molecule has 3 aromatic rings. The van der Waals surface area contributed by atoms with Gasteiger partial charge in [0.1, 0.15) is 0 Å². The number of aromatic nitrogens is 2. The molecule has 1 N–H and O–H groups in total. The van der Waals surface area contributed by atoms with Crippen molar-refractivity contribution >= 4 is 35.1 Å². The molecule has 8 nitrogen and oxygen atoms in total. The fourth-order valence-electron chi connectivity index (χ4n) is 2.45. The summed E-state index contributed by atoms with van der Waals surface area (Å²) in [6, 6.07) is 7.73. The van der Waals surface area contributed by atoms with Crippen LogP contribution in [-0.2, 0) is 0 Å². The second-order valence-corrected chi connectivity index (χ2v) is 6.31. The molecule has 0 atom stereocenters. The molecule has 2 aromatic carbocycles. The molecule has 10 heteroatoms. The van der Waals surface area contributed by atoms with Gasteiger partial charge in [0.2, 0.25) is 11.6 Å². The van der Waals surface area contributed by atoms with E-state index in [9.17, 15) is 4.79 Å². The van der Waals surface area contributed by atoms with Gasteiger partial charge in [-0.15, -0.1) is 5.10 Å². The summed E-state index contributed by atoms with van der Waals surface area (Å²) < 4.78 is 21.2. The van der Waals surface area contributed by atoms with Gasteiger partial charge >= 0.3 is 6.01 Å². The molecule has 0 radical (unpaired) electrons. The summed E-state index contributed by atoms with van der Waals surface area (Å²) in [6.45, 7) is 0. The van der Waals surface area contributed by atoms with Crippen molar-refractivity contribution in [3.63, 3.8) is 0 Å². The van der Waals surface area contributed by atoms with Crippen molar-refractivity contribution in [2.45, 2.75) is 0 Å². The maximum absolute atomic E-state index is 12.6. The minimum atomic E-state index is -0.501. The van der Waals surface area contributed by atoms with E-state index in [0.717, 1.165) is 0 Å². The highest BCUT2D eigenvalue weighted by atomic mass is 35.5. The Kier molecular flexibility index (Phi) is 5.91. The van der Waals surface area contributed by atoms with Gasteiger partial charge in [0.25, 0.3) is 5.91 Å². The van der Waals surface area contributed by atoms with Gasteiger partial charge in [0.15, 0.2) is 11.5 Å². The third-order valence-corrected chi connectivity index (χ3v) is 4.12. The summed E-state index contributed by atoms with van der Waals surface area (Å²) in [5.41, 5.74) is 0.776. The number of halogens is 2. The summed E-state index contributed by atoms with van der Waals surface area (Å²) in [7, 11) is 4.39. The Balaban J connectivity index is 1.85. The average Bonchev–Trinajstić information content (AvgIpc) is 3.14. The summed E-state index contributed by atoms with van der Waals surface area (Å²) in [4.78, 5) is 12.6. The third kappa shape index (κ3) is 4.13. The number of benzene rings is 2. The van der Waals surface area contributed by atoms with Crippen LogP contribution in [0.15, 0.2) is 34.7 Å². The number of carbonyl (C=O) groups is 1. The first kappa shape index (κ1) is 19.8. The highest BCUT2D eigenvalue weighted by molar-refractivity contribution is 6.35. The van der Waals surface area contributed by atoms with Crippen LogP contribution in [0.5, 0.6) is 17.2 Å². The van der Waals surface area contributed by atoms with Gasteiger partial charge in [-0.1, -0.05) is 28.3 Å². The molecule has 0 saturated heterocycles. The first-order chi connectivity index (χ1) is 13.4. The van der Waals surface area contributed by atoms with Crippen molar-refractivity contribution in [2.75, 3.05) is 26.6 Å². The monoisotopic (exact) mass is 423 g/mol. The second kappa shape index (κ2) is 8.37. The molecule has 0 unspecified atom stereocenters. The average molecular weight is 424 g/mol. The first-order valence-corrected chi connectivity index (χ1v) is 8.62. The number of anilines is 1. The van der Waals surface area contributed by atoms with Gasteiger partial charge in [-0.3, -0.25) is 10.1 Å². The maximum atomic E-state index is 12.6. The minimum absolute atomic E-state index is 0.0927. The number of nitrogens with one attached hydrogen (secondary N) is 1. The zero-order valence-corrected chi connectivity index (χ0v) is 16.6. The topological polar surface area (TPSA) is 95.7 Å². The van der Waals surface area contributed by atoms with E-state index in [2.05, 4.69) is 15.5 Å². The lowest BCUT2D eigenvalue weighted by Crippen LogP contribution is -2.13. The molecule has 0 bridgehead atoms. The van der Waals surface area contributed by atoms with Gasteiger partial charge in [-0.2, -0.15) is 0 Å². The zero-order chi connectivity index (χ0) is 20.3. The predicted molar refractivity (Wildman–Crippen MR) is 104 cm³/mol. The molecule has 0 spiro atoms. The zero-order valence-electron chi connectivity index (χ0n) is 15.1. The number of amides is 1. The van der Waals surface area contributed by atoms with Crippen LogP contribution in [0.1, 0.15) is 10.4 Å². The summed E-state index contributed by atoms with van der Waals surface area (Å²) in [5.74, 6) is 0.709. The van der Waals surface area contributed by atoms with Crippen LogP contribution < -0.4 is 19.5 Å². The maximum Gasteiger partial charge on any atom is 0.322 e. The lowest BCUT2D eigenvalue weighted by Gasteiger charge is -2.13. The fraction of sp³-hybridized carbons (Fsp3) is 0.167. The minimum Gasteiger partial charge on any atom is -0.493 e. The van der Waals surface area contributed by atoms with E-state index in [1.54, 1.807) is 18.2 Å². The van der Waals surface area contributed by atoms with E-state index in [1.165, 1.54) is 33.5 Å². The summed E-state index contributed by atoms with van der Waals surface area (Å²) in [5, 5.41) is 11.1. The Hall–Kier alpha value is -2.97. The Bertz CT molecular complexity index is 977. The molecule has 0 fully saturated rings. The van der Waals surface area contributed by atoms with Crippen LogP contribution in [0.2, 0.25) is 10.0 Å². The first-order valence-electron chi connectivity index (χ1n) is 7.86. The molecule has 0 saturated carbocycles. The van der Waals surface area contributed by atoms with E-state index in [4.69, 9.17) is 41.8 Å². The van der Waals surface area contributed by atoms with Crippen LogP contribution in [0.3, 0.4) is 0 Å². The second-order valence-electron chi connectivity index (χ2n) is 5.44. The largest absolute Gasteiger partial charge is 0.493 e. The molecule has 0 aliphatic rings. The molecule has 146 valence electrons. The molecular weight excluding hydrogens is 409 g/mol. The van der Waals surface area contributed by atoms with E-state index in [0.29, 0.717) is 32.9 Å². The van der Waals surface area contributed by atoms with E-state index < -0.39 is 5.91 Å². The molecule has 3 rings (SSSR count). The molecule has 1 aromatic heterocycles. The smallest absolute Gasteiger partial charge is 0.322 e. The number of ether oxygens (including phenoxy) is 3. The van der Waals surface area contributed by atoms with Gasteiger partial charge in [0.05, 0.1) is 21.3 Å². The Labute approximate surface area is 170 Å². The Morgan fingerprint density at radius 1 is 0.929 bits per heavy atom. The number of carbonyl (C=O) groups excluding carboxylic acids is 1. The number of hydrogen-bond acceptors (Lipinski definition) is 7. The van der Waals surface area contributed by atoms with Crippen LogP contribution in [-0.4, -0.2) is 37.4 Å². The summed E-state index contributed by atoms with van der Waals surface area (Å²) in [6.07, 6.45) is 0. The van der Waals surface area contributed by atoms with Crippen molar-refractivity contribution in [1.82, 2.24) is 10.2 Å². The van der Waals surface area contributed by atoms with Crippen LogP contribution >= 0.6 is 23.2 Å². The molecular formula is C18H15Cl2N3O5. The highest BCUT2D eigenvalue weighted by Gasteiger charge is 2.19. The van der Waals surface area contributed by atoms with Crippen molar-refractivity contribution in [2.24, 2.45) is 0 Å². The molecule has 0 aliphatic carbocycles. The Morgan fingerprint density at radius 3 is 2.07 bits per heavy atom. The fourth-order valence-corrected chi connectivity index (χ4v) is 2.98. The van der Waals surface area contributed by atoms with E-state index in [-0.39, 0.29) is 17.5 Å². The predicted octanol–water partition coefficient (Wildman–Crippen LogP) is 4.32. The SMILES string of the molecule is COc1cc(C(=O)Nc2nnc(-c3cc(Cl)cc(Cl)c3)o2)cc(OC)c1OC. The molecule has 28 heavy (non-hydrogen) atoms. The number of nitrogens with zero attached hydrogens (tertiary/aromatic N) is 2. The van der Waals surface area contributed by atoms with Gasteiger partial charge < -0.3 is 18.6 Å². The number of methoxy groups -OCH3 is 3. The molecule has 1 amide bonds. The van der Waals surface area contributed by atoms with Gasteiger partial charge in [-0.05, 0) is 30.3 Å². The van der Waals surface area contributed by atoms with Crippen LogP contribution in [0.4, 0.5) is 6.01 Å². The van der Waals surface area contributed by atoms with Gasteiger partial charge in [-0.25, -0.2) is 0 Å². The third-order valence-electron chi connectivity index (χ3n) is 3.68. The quantitative estimate of drug-likeness (QED) is 0.630. The molecule has 0 aliphatic heterocycles. The van der Waals surface area contributed by atoms with Crippen molar-refractivity contribution in [3.05, 3.63) is 45.9 Å². The number of hydrogen-bond donors (Lipinski definition) is 1. The lowest BCUT2D eigenvalue weighted by molar-refractivity contribution is 0.102. The highest BCUT2D eigenvalue weighted by Crippen LogP contribution is 2.38. The lowest BCUT2D eigenvalue weighted by atomic mass is 10.1. The summed E-state index contributed by atoms with van der Waals surface area (Å²) >= 11 is 12.0. The van der Waals surface area contributed by atoms with E-state index in [1.807, 2.05) is 0 Å². The number of rotatable bonds is 6. The van der Waals surface area contributed by atoms with Gasteiger partial charge in [0, 0.05) is 21.2 Å². The van der Waals surface area contributed by atoms with E-state index >= 15 is 0 Å². The van der Waals surface area contributed by atoms with Crippen molar-refractivity contribution in [1.29, 1.82) is 0 Å². The van der Waals surface area contributed by atoms with Crippen molar-refractivity contribution < 1.29 is 23.4 Å². The Morgan fingerprint density at radius 2 is 1.54 bits per heavy atom. The standard InChI is InChI=1S/C18H15Cl2N3O5/c1-25-13-6-9(7-14(26-2)15(13)27-3)16(24)21-18-23-22-17(28-18)10-4-11(19)8-12(20)5-10/h4-8H,1-3H3,(H,21,23,24). The normalized spacial score (nSPS) is 10.5. The van der Waals surface area contributed by atoms with Crippen LogP contribution in [0.25, 0.3) is 11.5 Å². The van der Waals surface area contributed by atoms with Crippen LogP contribution in [0, 0.1) is 0 Å².